The largest absolute Gasteiger partial charge is 0.467 e. The zero-order valence-electron chi connectivity index (χ0n) is 12.4. The molecule has 0 aliphatic carbocycles. The van der Waals surface area contributed by atoms with Crippen LogP contribution in [-0.2, 0) is 4.79 Å². The second-order valence-electron chi connectivity index (χ2n) is 4.96. The van der Waals surface area contributed by atoms with Crippen LogP contribution in [-0.4, -0.2) is 22.5 Å². The van der Waals surface area contributed by atoms with Crippen LogP contribution in [0.5, 0.6) is 5.88 Å². The van der Waals surface area contributed by atoms with E-state index in [-0.39, 0.29) is 12.5 Å². The fraction of sp³-hybridized carbons (Fsp3) is 0.0625. The Kier molecular flexibility index (Phi) is 5.49. The van der Waals surface area contributed by atoms with Crippen molar-refractivity contribution >= 4 is 68.9 Å². The Bertz CT molecular complexity index is 945. The summed E-state index contributed by atoms with van der Waals surface area (Å²) < 4.78 is 5.48. The first-order valence-corrected chi connectivity index (χ1v) is 8.42. The molecule has 25 heavy (non-hydrogen) atoms. The van der Waals surface area contributed by atoms with Crippen LogP contribution in [0.2, 0.25) is 20.1 Å². The minimum atomic E-state index is -0.404. The molecule has 0 bridgehead atoms. The molecule has 1 aromatic heterocycles. The van der Waals surface area contributed by atoms with Crippen LogP contribution in [0.1, 0.15) is 0 Å². The van der Waals surface area contributed by atoms with Gasteiger partial charge in [-0.3, -0.25) is 4.79 Å². The predicted molar refractivity (Wildman–Crippen MR) is 100 cm³/mol. The Morgan fingerprint density at radius 3 is 2.36 bits per heavy atom. The van der Waals surface area contributed by atoms with E-state index in [2.05, 4.69) is 15.3 Å². The number of carbonyl (C=O) groups excluding carboxylic acids is 1. The Balaban J connectivity index is 1.75. The van der Waals surface area contributed by atoms with Crippen LogP contribution < -0.4 is 10.1 Å². The summed E-state index contributed by atoms with van der Waals surface area (Å²) in [6.45, 7) is -0.277. The van der Waals surface area contributed by atoms with E-state index in [0.29, 0.717) is 36.7 Å². The van der Waals surface area contributed by atoms with Gasteiger partial charge < -0.3 is 10.1 Å². The van der Waals surface area contributed by atoms with Gasteiger partial charge in [0.05, 0.1) is 15.9 Å². The van der Waals surface area contributed by atoms with Crippen LogP contribution in [0.15, 0.2) is 36.7 Å². The number of fused-ring (bicyclic) bond motifs is 1. The second kappa shape index (κ2) is 7.62. The highest BCUT2D eigenvalue weighted by Gasteiger charge is 2.12. The molecular weight excluding hydrogens is 408 g/mol. The van der Waals surface area contributed by atoms with Gasteiger partial charge in [-0.1, -0.05) is 46.4 Å². The highest BCUT2D eigenvalue weighted by molar-refractivity contribution is 6.38. The zero-order chi connectivity index (χ0) is 18.0. The van der Waals surface area contributed by atoms with Gasteiger partial charge in [0, 0.05) is 20.8 Å². The normalized spacial score (nSPS) is 10.7. The first-order chi connectivity index (χ1) is 11.9. The molecule has 1 N–H and O–H groups in total. The average molecular weight is 417 g/mol. The lowest BCUT2D eigenvalue weighted by Gasteiger charge is -2.10. The number of nitrogens with zero attached hydrogens (tertiary/aromatic N) is 2. The third-order valence-corrected chi connectivity index (χ3v) is 4.05. The molecule has 3 aromatic rings. The monoisotopic (exact) mass is 415 g/mol. The summed E-state index contributed by atoms with van der Waals surface area (Å²) in [4.78, 5) is 20.2. The van der Waals surface area contributed by atoms with Crippen molar-refractivity contribution in [3.05, 3.63) is 56.7 Å². The molecule has 3 rings (SSSR count). The smallest absolute Gasteiger partial charge is 0.262 e. The number of benzene rings is 2. The number of nitrogens with one attached hydrogen (secondary N) is 1. The third kappa shape index (κ3) is 4.44. The number of anilines is 1. The topological polar surface area (TPSA) is 64.1 Å². The molecule has 0 saturated carbocycles. The molecule has 9 heteroatoms. The molecule has 0 radical (unpaired) electrons. The molecule has 1 heterocycles. The van der Waals surface area contributed by atoms with Crippen molar-refractivity contribution in [2.45, 2.75) is 0 Å². The minimum absolute atomic E-state index is 0.202. The molecule has 0 aliphatic rings. The minimum Gasteiger partial charge on any atom is -0.467 e. The summed E-state index contributed by atoms with van der Waals surface area (Å²) in [5.74, 6) is -0.202. The molecule has 0 unspecified atom stereocenters. The summed E-state index contributed by atoms with van der Waals surface area (Å²) >= 11 is 23.9. The maximum absolute atomic E-state index is 12.1. The van der Waals surface area contributed by atoms with Crippen LogP contribution in [0.3, 0.4) is 0 Å². The summed E-state index contributed by atoms with van der Waals surface area (Å²) in [7, 11) is 0. The summed E-state index contributed by atoms with van der Waals surface area (Å²) in [6.07, 6.45) is 1.30. The number of hydrogen-bond acceptors (Lipinski definition) is 4. The van der Waals surface area contributed by atoms with Gasteiger partial charge in [-0.05, 0) is 30.3 Å². The van der Waals surface area contributed by atoms with Crippen LogP contribution in [0, 0.1) is 0 Å². The molecule has 0 spiro atoms. The Hall–Kier alpha value is -1.79. The van der Waals surface area contributed by atoms with Crippen molar-refractivity contribution in [3.8, 4) is 5.88 Å². The van der Waals surface area contributed by atoms with Crippen molar-refractivity contribution < 1.29 is 9.53 Å². The van der Waals surface area contributed by atoms with Gasteiger partial charge in [0.15, 0.2) is 6.61 Å². The molecule has 5 nitrogen and oxygen atoms in total. The van der Waals surface area contributed by atoms with Gasteiger partial charge >= 0.3 is 0 Å². The molecular formula is C16H9Cl4N3O2. The SMILES string of the molecule is O=C(COc1ncnc2c(Cl)cc(Cl)cc12)Nc1cc(Cl)cc(Cl)c1. The average Bonchev–Trinajstić information content (AvgIpc) is 2.52. The number of halogens is 4. The maximum Gasteiger partial charge on any atom is 0.262 e. The summed E-state index contributed by atoms with van der Waals surface area (Å²) in [5.41, 5.74) is 0.947. The maximum atomic E-state index is 12.1. The molecule has 0 aliphatic heterocycles. The van der Waals surface area contributed by atoms with Crippen molar-refractivity contribution in [1.82, 2.24) is 9.97 Å². The fourth-order valence-corrected chi connectivity index (χ4v) is 3.21. The van der Waals surface area contributed by atoms with Crippen LogP contribution in [0.25, 0.3) is 10.9 Å². The first-order valence-electron chi connectivity index (χ1n) is 6.91. The van der Waals surface area contributed by atoms with Crippen molar-refractivity contribution in [3.63, 3.8) is 0 Å². The molecule has 0 atom stereocenters. The van der Waals surface area contributed by atoms with E-state index in [1.807, 2.05) is 0 Å². The number of ether oxygens (including phenoxy) is 1. The van der Waals surface area contributed by atoms with Crippen molar-refractivity contribution in [2.75, 3.05) is 11.9 Å². The lowest BCUT2D eigenvalue weighted by Crippen LogP contribution is -2.20. The van der Waals surface area contributed by atoms with E-state index in [9.17, 15) is 4.79 Å². The van der Waals surface area contributed by atoms with E-state index >= 15 is 0 Å². The van der Waals surface area contributed by atoms with Gasteiger partial charge in [0.25, 0.3) is 5.91 Å². The number of aromatic nitrogens is 2. The van der Waals surface area contributed by atoms with E-state index < -0.39 is 5.91 Å². The quantitative estimate of drug-likeness (QED) is 0.629. The molecule has 1 amide bonds. The lowest BCUT2D eigenvalue weighted by atomic mass is 10.2. The lowest BCUT2D eigenvalue weighted by molar-refractivity contribution is -0.118. The zero-order valence-corrected chi connectivity index (χ0v) is 15.4. The molecule has 0 fully saturated rings. The van der Waals surface area contributed by atoms with Gasteiger partial charge in [-0.15, -0.1) is 0 Å². The number of hydrogen-bond donors (Lipinski definition) is 1. The molecule has 2 aromatic carbocycles. The molecule has 128 valence electrons. The number of rotatable bonds is 4. The number of amides is 1. The predicted octanol–water partition coefficient (Wildman–Crippen LogP) is 5.26. The Labute approximate surface area is 162 Å². The van der Waals surface area contributed by atoms with Crippen LogP contribution in [0.4, 0.5) is 5.69 Å². The van der Waals surface area contributed by atoms with E-state index in [1.54, 1.807) is 30.3 Å². The number of carbonyl (C=O) groups is 1. The van der Waals surface area contributed by atoms with E-state index in [0.717, 1.165) is 0 Å². The fourth-order valence-electron chi connectivity index (χ4n) is 2.14. The van der Waals surface area contributed by atoms with Crippen LogP contribution >= 0.6 is 46.4 Å². The van der Waals surface area contributed by atoms with Crippen molar-refractivity contribution in [1.29, 1.82) is 0 Å². The second-order valence-corrected chi connectivity index (χ2v) is 6.67. The van der Waals surface area contributed by atoms with E-state index in [4.69, 9.17) is 51.1 Å². The van der Waals surface area contributed by atoms with Gasteiger partial charge in [0.1, 0.15) is 6.33 Å². The van der Waals surface area contributed by atoms with Gasteiger partial charge in [-0.2, -0.15) is 0 Å². The summed E-state index contributed by atoms with van der Waals surface area (Å²) in [5, 5.41) is 4.75. The highest BCUT2D eigenvalue weighted by Crippen LogP contribution is 2.30. The van der Waals surface area contributed by atoms with E-state index in [1.165, 1.54) is 6.33 Å². The standard InChI is InChI=1S/C16H9Cl4N3O2/c17-8-1-9(18)3-11(2-8)23-14(24)6-25-16-12-4-10(19)5-13(20)15(12)21-7-22-16/h1-5,7H,6H2,(H,23,24). The van der Waals surface area contributed by atoms with Gasteiger partial charge in [-0.25, -0.2) is 9.97 Å². The highest BCUT2D eigenvalue weighted by atomic mass is 35.5. The summed E-state index contributed by atoms with van der Waals surface area (Å²) in [6, 6.07) is 7.90. The first kappa shape index (κ1) is 18.0. The Morgan fingerprint density at radius 2 is 1.64 bits per heavy atom. The van der Waals surface area contributed by atoms with Gasteiger partial charge in [0.2, 0.25) is 5.88 Å². The molecule has 0 saturated heterocycles. The third-order valence-electron chi connectivity index (χ3n) is 3.11. The Morgan fingerprint density at radius 1 is 0.960 bits per heavy atom. The van der Waals surface area contributed by atoms with Crippen molar-refractivity contribution in [2.24, 2.45) is 0 Å².